The van der Waals surface area contributed by atoms with E-state index >= 15 is 0 Å². The van der Waals surface area contributed by atoms with Gasteiger partial charge in [-0.25, -0.2) is 0 Å². The van der Waals surface area contributed by atoms with Gasteiger partial charge in [-0.1, -0.05) is 46.3 Å². The van der Waals surface area contributed by atoms with Gasteiger partial charge in [-0.2, -0.15) is 0 Å². The van der Waals surface area contributed by atoms with Crippen molar-refractivity contribution < 1.29 is 38.1 Å². The van der Waals surface area contributed by atoms with Gasteiger partial charge in [0.15, 0.2) is 11.5 Å². The number of phenolic OH excluding ortho intramolecular Hbond substituents is 1. The van der Waals surface area contributed by atoms with Gasteiger partial charge in [0.05, 0.1) is 19.1 Å². The third-order valence-corrected chi connectivity index (χ3v) is 8.52. The van der Waals surface area contributed by atoms with Crippen LogP contribution in [-0.2, 0) is 23.8 Å². The monoisotopic (exact) mass is 586 g/mol. The molecule has 0 bridgehead atoms. The summed E-state index contributed by atoms with van der Waals surface area (Å²) in [6, 6.07) is 3.72. The second kappa shape index (κ2) is 14.5. The minimum absolute atomic E-state index is 0.0124. The molecule has 42 heavy (non-hydrogen) atoms. The fraction of sp³-hybridized carbons (Fsp3) is 0.647. The minimum atomic E-state index is -0.730. The van der Waals surface area contributed by atoms with Gasteiger partial charge >= 0.3 is 11.9 Å². The number of benzene rings is 1. The number of hydrogen-bond acceptors (Lipinski definition) is 8. The van der Waals surface area contributed by atoms with Crippen LogP contribution in [-0.4, -0.2) is 42.7 Å². The Balaban J connectivity index is 1.57. The van der Waals surface area contributed by atoms with Crippen LogP contribution in [0.2, 0.25) is 0 Å². The van der Waals surface area contributed by atoms with Crippen molar-refractivity contribution in [2.45, 2.75) is 112 Å². The predicted molar refractivity (Wildman–Crippen MR) is 162 cm³/mol. The van der Waals surface area contributed by atoms with Gasteiger partial charge in [-0.3, -0.25) is 9.59 Å². The molecule has 0 radical (unpaired) electrons. The molecule has 1 aromatic heterocycles. The normalized spacial score (nSPS) is 25.1. The molecule has 1 fully saturated rings. The minimum Gasteiger partial charge on any atom is -0.504 e. The molecule has 234 valence electrons. The molecular formula is C34H50O8. The lowest BCUT2D eigenvalue weighted by molar-refractivity contribution is -0.258. The summed E-state index contributed by atoms with van der Waals surface area (Å²) in [6.07, 6.45) is 4.69. The summed E-state index contributed by atoms with van der Waals surface area (Å²) in [5.74, 6) is 1.50. The molecule has 0 saturated carbocycles. The van der Waals surface area contributed by atoms with Crippen molar-refractivity contribution in [3.8, 4) is 11.5 Å². The van der Waals surface area contributed by atoms with Gasteiger partial charge in [0.2, 0.25) is 6.29 Å². The summed E-state index contributed by atoms with van der Waals surface area (Å²) in [7, 11) is 1.55. The smallest absolute Gasteiger partial charge is 0.304 e. The summed E-state index contributed by atoms with van der Waals surface area (Å²) in [5, 5.41) is 11.1. The van der Waals surface area contributed by atoms with E-state index in [1.165, 1.54) is 19.4 Å². The standard InChI is InChI=1S/C34H50O8/c1-18(11-12-29-22(5)31(39-25(8)35)24(7)34(42-29)40-26(9)36)13-19(2)14-20(3)15-21(4)30-17-27-16-28(37)33(38-10)23(6)32(27)41-30/h13,16-18,20-22,24,29,31,34,37H,11-12,14-15H2,1-10H3/b19-13+/t18-,20+,21-,22-,24+,29+,31-,34?/m0/s1. The van der Waals surface area contributed by atoms with E-state index < -0.39 is 12.3 Å². The third kappa shape index (κ3) is 8.30. The third-order valence-electron chi connectivity index (χ3n) is 8.52. The van der Waals surface area contributed by atoms with Gasteiger partial charge in [0.1, 0.15) is 17.4 Å². The van der Waals surface area contributed by atoms with E-state index in [4.69, 9.17) is 23.4 Å². The second-order valence-corrected chi connectivity index (χ2v) is 12.6. The van der Waals surface area contributed by atoms with Crippen molar-refractivity contribution in [2.75, 3.05) is 7.11 Å². The van der Waals surface area contributed by atoms with Gasteiger partial charge in [-0.05, 0) is 63.5 Å². The molecule has 1 N–H and O–H groups in total. The zero-order valence-corrected chi connectivity index (χ0v) is 27.0. The average molecular weight is 587 g/mol. The van der Waals surface area contributed by atoms with E-state index in [1.807, 2.05) is 26.8 Å². The Morgan fingerprint density at radius 2 is 1.71 bits per heavy atom. The molecule has 1 saturated heterocycles. The van der Waals surface area contributed by atoms with Crippen LogP contribution in [0.4, 0.5) is 0 Å². The number of hydrogen-bond donors (Lipinski definition) is 1. The van der Waals surface area contributed by atoms with E-state index in [1.54, 1.807) is 13.2 Å². The quantitative estimate of drug-likeness (QED) is 0.198. The Morgan fingerprint density at radius 3 is 2.33 bits per heavy atom. The average Bonchev–Trinajstić information content (AvgIpc) is 3.31. The molecule has 2 aromatic rings. The highest BCUT2D eigenvalue weighted by Gasteiger charge is 2.44. The number of rotatable bonds is 12. The molecule has 0 amide bonds. The first-order valence-corrected chi connectivity index (χ1v) is 15.2. The number of allylic oxidation sites excluding steroid dienone is 2. The molecule has 1 aromatic carbocycles. The molecule has 8 heteroatoms. The fourth-order valence-electron chi connectivity index (χ4n) is 6.55. The first kappa shape index (κ1) is 33.5. The zero-order valence-electron chi connectivity index (χ0n) is 27.0. The number of esters is 2. The zero-order chi connectivity index (χ0) is 31.3. The van der Waals surface area contributed by atoms with Gasteiger partial charge < -0.3 is 28.5 Å². The van der Waals surface area contributed by atoms with Crippen LogP contribution in [0.5, 0.6) is 11.5 Å². The highest BCUT2D eigenvalue weighted by atomic mass is 16.7. The number of phenols is 1. The molecule has 2 heterocycles. The lowest BCUT2D eigenvalue weighted by Crippen LogP contribution is -2.51. The number of furan rings is 1. The lowest BCUT2D eigenvalue weighted by Gasteiger charge is -2.43. The Morgan fingerprint density at radius 1 is 1.05 bits per heavy atom. The highest BCUT2D eigenvalue weighted by molar-refractivity contribution is 5.85. The predicted octanol–water partition coefficient (Wildman–Crippen LogP) is 7.83. The number of carbonyl (C=O) groups is 2. The Hall–Kier alpha value is -3.00. The van der Waals surface area contributed by atoms with Crippen molar-refractivity contribution in [3.63, 3.8) is 0 Å². The van der Waals surface area contributed by atoms with Crippen molar-refractivity contribution in [3.05, 3.63) is 35.1 Å². The lowest BCUT2D eigenvalue weighted by atomic mass is 9.82. The van der Waals surface area contributed by atoms with E-state index in [0.717, 1.165) is 48.0 Å². The highest BCUT2D eigenvalue weighted by Crippen LogP contribution is 2.40. The van der Waals surface area contributed by atoms with Crippen LogP contribution in [0.3, 0.4) is 0 Å². The molecule has 8 nitrogen and oxygen atoms in total. The van der Waals surface area contributed by atoms with E-state index in [9.17, 15) is 14.7 Å². The number of methoxy groups -OCH3 is 1. The Labute approximate surface area is 250 Å². The fourth-order valence-corrected chi connectivity index (χ4v) is 6.55. The Kier molecular flexibility index (Phi) is 11.5. The molecule has 0 aliphatic carbocycles. The van der Waals surface area contributed by atoms with E-state index in [2.05, 4.69) is 33.8 Å². The Bertz CT molecular complexity index is 1260. The summed E-state index contributed by atoms with van der Waals surface area (Å²) in [4.78, 5) is 23.4. The molecule has 1 aliphatic heterocycles. The first-order valence-electron chi connectivity index (χ1n) is 15.2. The van der Waals surface area contributed by atoms with Crippen LogP contribution < -0.4 is 4.74 Å². The van der Waals surface area contributed by atoms with E-state index in [0.29, 0.717) is 17.6 Å². The molecular weight excluding hydrogens is 536 g/mol. The van der Waals surface area contributed by atoms with Crippen molar-refractivity contribution in [1.82, 2.24) is 0 Å². The van der Waals surface area contributed by atoms with Gasteiger partial charge in [0.25, 0.3) is 0 Å². The van der Waals surface area contributed by atoms with Crippen molar-refractivity contribution >= 4 is 22.9 Å². The van der Waals surface area contributed by atoms with Gasteiger partial charge in [-0.15, -0.1) is 0 Å². The van der Waals surface area contributed by atoms with Crippen LogP contribution in [0, 0.1) is 30.6 Å². The number of fused-ring (bicyclic) bond motifs is 1. The second-order valence-electron chi connectivity index (χ2n) is 12.6. The molecule has 1 aliphatic rings. The summed E-state index contributed by atoms with van der Waals surface area (Å²) in [6.45, 7) is 17.4. The maximum atomic E-state index is 11.8. The summed E-state index contributed by atoms with van der Waals surface area (Å²) >= 11 is 0. The topological polar surface area (TPSA) is 104 Å². The number of aromatic hydroxyl groups is 1. The van der Waals surface area contributed by atoms with Crippen LogP contribution >= 0.6 is 0 Å². The number of carbonyl (C=O) groups excluding carboxylic acids is 2. The van der Waals surface area contributed by atoms with Crippen LogP contribution in [0.1, 0.15) is 98.3 Å². The maximum absolute atomic E-state index is 11.8. The molecule has 8 atom stereocenters. The number of ether oxygens (including phenoxy) is 4. The summed E-state index contributed by atoms with van der Waals surface area (Å²) < 4.78 is 28.8. The van der Waals surface area contributed by atoms with Crippen molar-refractivity contribution in [2.24, 2.45) is 23.7 Å². The van der Waals surface area contributed by atoms with Gasteiger partial charge in [0, 0.05) is 36.6 Å². The SMILES string of the molecule is COc1c(O)cc2cc([C@@H](C)C[C@H](C)C/C(C)=C/[C@@H](C)CC[C@H]3OC(OC(C)=O)[C@H](C)[C@@H](OC(C)=O)[C@H]3C)oc2c1C. The summed E-state index contributed by atoms with van der Waals surface area (Å²) in [5.41, 5.74) is 2.91. The molecule has 0 spiro atoms. The number of aryl methyl sites for hydroxylation is 1. The van der Waals surface area contributed by atoms with Crippen molar-refractivity contribution in [1.29, 1.82) is 0 Å². The molecule has 1 unspecified atom stereocenters. The largest absolute Gasteiger partial charge is 0.504 e. The van der Waals surface area contributed by atoms with E-state index in [-0.39, 0.29) is 41.7 Å². The van der Waals surface area contributed by atoms with Crippen LogP contribution in [0.15, 0.2) is 28.2 Å². The first-order chi connectivity index (χ1) is 19.7. The molecule has 3 rings (SSSR count). The maximum Gasteiger partial charge on any atom is 0.304 e. The van der Waals surface area contributed by atoms with Crippen LogP contribution in [0.25, 0.3) is 11.0 Å².